The lowest BCUT2D eigenvalue weighted by Crippen LogP contribution is -2.33. The number of anilines is 1. The quantitative estimate of drug-likeness (QED) is 0.401. The van der Waals surface area contributed by atoms with Crippen LogP contribution in [0, 0.1) is 0 Å². The third kappa shape index (κ3) is 4.41. The van der Waals surface area contributed by atoms with Gasteiger partial charge in [0.05, 0.1) is 35.4 Å². The van der Waals surface area contributed by atoms with Gasteiger partial charge in [0, 0.05) is 29.9 Å². The molecule has 33 heavy (non-hydrogen) atoms. The first-order valence-corrected chi connectivity index (χ1v) is 11.5. The highest BCUT2D eigenvalue weighted by molar-refractivity contribution is 7.13. The third-order valence-electron chi connectivity index (χ3n) is 5.49. The highest BCUT2D eigenvalue weighted by atomic mass is 32.1. The first kappa shape index (κ1) is 21.4. The number of carbonyl (C=O) groups excluding carboxylic acids is 1. The average Bonchev–Trinajstić information content (AvgIpc) is 3.56. The van der Waals surface area contributed by atoms with Crippen molar-refractivity contribution in [2.24, 2.45) is 0 Å². The molecule has 2 N–H and O–H groups in total. The number of thiazole rings is 1. The van der Waals surface area contributed by atoms with Gasteiger partial charge in [-0.25, -0.2) is 14.4 Å². The van der Waals surface area contributed by atoms with E-state index in [0.717, 1.165) is 18.4 Å². The Labute approximate surface area is 193 Å². The van der Waals surface area contributed by atoms with Crippen molar-refractivity contribution in [2.75, 3.05) is 11.9 Å². The molecule has 0 radical (unpaired) electrons. The average molecular weight is 468 g/mol. The van der Waals surface area contributed by atoms with Crippen LogP contribution in [0.5, 0.6) is 0 Å². The molecule has 4 aromatic heterocycles. The Balaban J connectivity index is 1.42. The summed E-state index contributed by atoms with van der Waals surface area (Å²) in [7, 11) is 0. The molecule has 1 fully saturated rings. The molecule has 1 aliphatic carbocycles. The number of pyridine rings is 1. The van der Waals surface area contributed by atoms with Crippen LogP contribution in [-0.2, 0) is 11.4 Å². The van der Waals surface area contributed by atoms with E-state index in [2.05, 4.69) is 25.5 Å². The summed E-state index contributed by atoms with van der Waals surface area (Å²) in [6.45, 7) is 1.98. The van der Waals surface area contributed by atoms with Crippen molar-refractivity contribution in [3.63, 3.8) is 0 Å². The summed E-state index contributed by atoms with van der Waals surface area (Å²) in [6.07, 6.45) is 7.09. The number of nitrogens with one attached hydrogen (secondary N) is 2. The standard InChI is InChI=1S/C22H22FN7O2S/c1-2-32-16-6-15(7-16)30-11-18(20(29-30)17-5-3-4-14(8-23)26-17)27-21(31)19-12-33-22(28-19)13-9-24-25-10-13/h3-5,9-12,15-16H,2,6-8H2,1H3,(H,24,25)(H,27,31)/t15-,16+. The van der Waals surface area contributed by atoms with Crippen molar-refractivity contribution >= 4 is 22.9 Å². The molecular weight excluding hydrogens is 445 g/mol. The highest BCUT2D eigenvalue weighted by Gasteiger charge is 2.32. The minimum Gasteiger partial charge on any atom is -0.378 e. The van der Waals surface area contributed by atoms with Crippen LogP contribution < -0.4 is 5.32 Å². The number of H-pyrrole nitrogens is 1. The van der Waals surface area contributed by atoms with Gasteiger partial charge < -0.3 is 10.1 Å². The Hall–Kier alpha value is -3.44. The summed E-state index contributed by atoms with van der Waals surface area (Å²) in [4.78, 5) is 21.7. The molecule has 1 amide bonds. The predicted molar refractivity (Wildman–Crippen MR) is 122 cm³/mol. The Morgan fingerprint density at radius 2 is 2.24 bits per heavy atom. The SMILES string of the molecule is CCO[C@H]1C[C@@H](n2cc(NC(=O)c3csc(-c4cn[nH]c4)n3)c(-c3cccc(CF)n3)n2)C1. The van der Waals surface area contributed by atoms with Crippen LogP contribution in [0.4, 0.5) is 10.1 Å². The zero-order valence-corrected chi connectivity index (χ0v) is 18.7. The Morgan fingerprint density at radius 1 is 1.36 bits per heavy atom. The van der Waals surface area contributed by atoms with E-state index in [1.165, 1.54) is 11.3 Å². The van der Waals surface area contributed by atoms with Gasteiger partial charge in [0.2, 0.25) is 0 Å². The monoisotopic (exact) mass is 467 g/mol. The molecule has 0 bridgehead atoms. The lowest BCUT2D eigenvalue weighted by atomic mass is 9.89. The first-order valence-electron chi connectivity index (χ1n) is 10.6. The summed E-state index contributed by atoms with van der Waals surface area (Å²) in [5.74, 6) is -0.357. The van der Waals surface area contributed by atoms with Crippen LogP contribution in [0.3, 0.4) is 0 Å². The molecule has 4 heterocycles. The van der Waals surface area contributed by atoms with Crippen molar-refractivity contribution < 1.29 is 13.9 Å². The number of aromatic nitrogens is 6. The van der Waals surface area contributed by atoms with E-state index in [4.69, 9.17) is 9.84 Å². The van der Waals surface area contributed by atoms with E-state index in [1.807, 2.05) is 11.6 Å². The molecule has 0 unspecified atom stereocenters. The second-order valence-electron chi connectivity index (χ2n) is 7.70. The van der Waals surface area contributed by atoms with Crippen LogP contribution in [0.2, 0.25) is 0 Å². The second kappa shape index (κ2) is 9.20. The fraction of sp³-hybridized carbons (Fsp3) is 0.318. The van der Waals surface area contributed by atoms with Crippen molar-refractivity contribution in [2.45, 2.75) is 38.6 Å². The van der Waals surface area contributed by atoms with Crippen LogP contribution in [0.15, 0.2) is 42.2 Å². The number of rotatable bonds is 8. The van der Waals surface area contributed by atoms with Gasteiger partial charge in [-0.3, -0.25) is 14.6 Å². The van der Waals surface area contributed by atoms with E-state index in [1.54, 1.807) is 42.2 Å². The van der Waals surface area contributed by atoms with Gasteiger partial charge >= 0.3 is 0 Å². The topological polar surface area (TPSA) is 111 Å². The Morgan fingerprint density at radius 3 is 3.00 bits per heavy atom. The third-order valence-corrected chi connectivity index (χ3v) is 6.39. The van der Waals surface area contributed by atoms with Crippen molar-refractivity contribution in [1.82, 2.24) is 29.9 Å². The number of nitrogens with zero attached hydrogens (tertiary/aromatic N) is 5. The summed E-state index contributed by atoms with van der Waals surface area (Å²) in [5, 5.41) is 16.7. The maximum absolute atomic E-state index is 13.2. The molecule has 0 aliphatic heterocycles. The summed E-state index contributed by atoms with van der Waals surface area (Å²) in [6, 6.07) is 5.27. The maximum atomic E-state index is 13.2. The molecule has 0 atom stereocenters. The lowest BCUT2D eigenvalue weighted by molar-refractivity contribution is -0.0226. The molecule has 0 aromatic carbocycles. The largest absolute Gasteiger partial charge is 0.378 e. The van der Waals surface area contributed by atoms with Crippen molar-refractivity contribution in [3.8, 4) is 22.0 Å². The molecule has 5 rings (SSSR count). The molecule has 0 spiro atoms. The predicted octanol–water partition coefficient (Wildman–Crippen LogP) is 4.25. The number of carbonyl (C=O) groups is 1. The van der Waals surface area contributed by atoms with Gasteiger partial charge in [-0.2, -0.15) is 10.2 Å². The van der Waals surface area contributed by atoms with Crippen molar-refractivity contribution in [1.29, 1.82) is 0 Å². The molecule has 9 nitrogen and oxygen atoms in total. The summed E-state index contributed by atoms with van der Waals surface area (Å²) in [5.41, 5.74) is 2.90. The summed E-state index contributed by atoms with van der Waals surface area (Å²) >= 11 is 1.36. The van der Waals surface area contributed by atoms with Crippen LogP contribution in [0.1, 0.15) is 42.0 Å². The number of alkyl halides is 1. The number of amides is 1. The zero-order valence-electron chi connectivity index (χ0n) is 17.9. The van der Waals surface area contributed by atoms with Crippen molar-refractivity contribution in [3.05, 3.63) is 53.6 Å². The number of ether oxygens (including phenoxy) is 1. The number of halogens is 1. The van der Waals surface area contributed by atoms with Crippen LogP contribution in [-0.4, -0.2) is 48.6 Å². The fourth-order valence-corrected chi connectivity index (χ4v) is 4.52. The molecule has 4 aromatic rings. The normalized spacial score (nSPS) is 17.6. The Bertz CT molecular complexity index is 1250. The van der Waals surface area contributed by atoms with Gasteiger partial charge in [-0.05, 0) is 31.9 Å². The van der Waals surface area contributed by atoms with E-state index in [9.17, 15) is 9.18 Å². The number of aromatic amines is 1. The highest BCUT2D eigenvalue weighted by Crippen LogP contribution is 2.37. The molecule has 170 valence electrons. The zero-order chi connectivity index (χ0) is 22.8. The first-order chi connectivity index (χ1) is 16.1. The minimum absolute atomic E-state index is 0.169. The van der Waals surface area contributed by atoms with Gasteiger partial charge in [0.25, 0.3) is 5.91 Å². The lowest BCUT2D eigenvalue weighted by Gasteiger charge is -2.34. The van der Waals surface area contributed by atoms with Gasteiger partial charge in [-0.15, -0.1) is 11.3 Å². The van der Waals surface area contributed by atoms with E-state index in [-0.39, 0.29) is 18.1 Å². The number of hydrogen-bond donors (Lipinski definition) is 2. The minimum atomic E-state index is -0.676. The van der Waals surface area contributed by atoms with E-state index >= 15 is 0 Å². The second-order valence-corrected chi connectivity index (χ2v) is 8.56. The maximum Gasteiger partial charge on any atom is 0.275 e. The van der Waals surface area contributed by atoms with Crippen LogP contribution in [0.25, 0.3) is 22.0 Å². The van der Waals surface area contributed by atoms with Gasteiger partial charge in [0.15, 0.2) is 0 Å². The molecule has 11 heteroatoms. The smallest absolute Gasteiger partial charge is 0.275 e. The van der Waals surface area contributed by atoms with E-state index in [0.29, 0.717) is 40.1 Å². The molecule has 1 aliphatic rings. The van der Waals surface area contributed by atoms with Crippen LogP contribution >= 0.6 is 11.3 Å². The Kier molecular flexibility index (Phi) is 5.97. The molecular formula is C22H22FN7O2S. The molecule has 0 saturated heterocycles. The summed E-state index contributed by atoms with van der Waals surface area (Å²) < 4.78 is 20.7. The van der Waals surface area contributed by atoms with Gasteiger partial charge in [0.1, 0.15) is 23.1 Å². The molecule has 1 saturated carbocycles. The number of hydrogen-bond acceptors (Lipinski definition) is 7. The fourth-order valence-electron chi connectivity index (χ4n) is 3.74. The van der Waals surface area contributed by atoms with Gasteiger partial charge in [-0.1, -0.05) is 6.07 Å². The van der Waals surface area contributed by atoms with E-state index < -0.39 is 6.67 Å².